The number of hydrogen-bond acceptors (Lipinski definition) is 3. The number of rotatable bonds is 8. The highest BCUT2D eigenvalue weighted by molar-refractivity contribution is 5.07. The normalized spacial score (nSPS) is 19.3. The first-order valence-corrected chi connectivity index (χ1v) is 7.29. The predicted molar refractivity (Wildman–Crippen MR) is 76.3 cm³/mol. The van der Waals surface area contributed by atoms with Gasteiger partial charge in [-0.15, -0.1) is 0 Å². The van der Waals surface area contributed by atoms with Gasteiger partial charge in [-0.3, -0.25) is 5.32 Å². The van der Waals surface area contributed by atoms with Crippen LogP contribution in [0.2, 0.25) is 0 Å². The van der Waals surface area contributed by atoms with Crippen molar-refractivity contribution in [2.24, 2.45) is 5.92 Å². The number of nitrogens with one attached hydrogen (secondary N) is 1. The lowest BCUT2D eigenvalue weighted by Gasteiger charge is -2.32. The Balaban J connectivity index is 2.45. The molecule has 18 heavy (non-hydrogen) atoms. The molecule has 1 N–H and O–H groups in total. The van der Waals surface area contributed by atoms with E-state index in [0.29, 0.717) is 18.0 Å². The van der Waals surface area contributed by atoms with Crippen LogP contribution in [0.4, 0.5) is 0 Å². The van der Waals surface area contributed by atoms with E-state index in [9.17, 15) is 5.26 Å². The molecule has 0 bridgehead atoms. The van der Waals surface area contributed by atoms with Crippen molar-refractivity contribution < 1.29 is 0 Å². The smallest absolute Gasteiger partial charge is 0.105 e. The lowest BCUT2D eigenvalue weighted by Crippen LogP contribution is -2.46. The second kappa shape index (κ2) is 6.54. The lowest BCUT2D eigenvalue weighted by molar-refractivity contribution is 0.181. The van der Waals surface area contributed by atoms with Crippen LogP contribution in [-0.2, 0) is 0 Å². The molecule has 1 aliphatic rings. The number of hydrogen-bond donors (Lipinski definition) is 1. The van der Waals surface area contributed by atoms with E-state index in [1.54, 1.807) is 0 Å². The molecule has 0 radical (unpaired) electrons. The molecular formula is C15H29N3. The van der Waals surface area contributed by atoms with Gasteiger partial charge in [0.25, 0.3) is 0 Å². The van der Waals surface area contributed by atoms with E-state index in [4.69, 9.17) is 0 Å². The molecule has 0 aromatic rings. The Morgan fingerprint density at radius 3 is 2.33 bits per heavy atom. The average molecular weight is 251 g/mol. The minimum absolute atomic E-state index is 0.356. The van der Waals surface area contributed by atoms with Gasteiger partial charge in [-0.1, -0.05) is 13.8 Å². The molecule has 0 spiro atoms. The van der Waals surface area contributed by atoms with E-state index in [-0.39, 0.29) is 5.54 Å². The highest BCUT2D eigenvalue weighted by atomic mass is 15.2. The quantitative estimate of drug-likeness (QED) is 0.721. The zero-order valence-corrected chi connectivity index (χ0v) is 12.7. The van der Waals surface area contributed by atoms with Crippen LogP contribution in [0.5, 0.6) is 0 Å². The summed E-state index contributed by atoms with van der Waals surface area (Å²) in [6, 6.07) is 3.60. The van der Waals surface area contributed by atoms with Crippen LogP contribution >= 0.6 is 0 Å². The molecule has 0 heterocycles. The number of nitriles is 1. The predicted octanol–water partition coefficient (Wildman–Crippen LogP) is 2.78. The van der Waals surface area contributed by atoms with Gasteiger partial charge in [0.2, 0.25) is 0 Å². The molecule has 3 heteroatoms. The summed E-state index contributed by atoms with van der Waals surface area (Å²) in [6.07, 6.45) is 3.37. The first-order chi connectivity index (χ1) is 8.36. The molecule has 0 aromatic heterocycles. The standard InChI is InChI=1S/C15H29N3/c1-12(2)10-18(13(3)4)9-8-15(5,11-16)17-14-6-7-14/h12-14,17H,6-10H2,1-5H3. The third kappa shape index (κ3) is 5.37. The van der Waals surface area contributed by atoms with Gasteiger partial charge >= 0.3 is 0 Å². The van der Waals surface area contributed by atoms with Crippen LogP contribution in [0.25, 0.3) is 0 Å². The molecule has 1 unspecified atom stereocenters. The second-order valence-corrected chi connectivity index (χ2v) is 6.60. The van der Waals surface area contributed by atoms with Gasteiger partial charge in [0.1, 0.15) is 5.54 Å². The molecule has 1 atom stereocenters. The zero-order chi connectivity index (χ0) is 13.8. The van der Waals surface area contributed by atoms with E-state index >= 15 is 0 Å². The monoisotopic (exact) mass is 251 g/mol. The summed E-state index contributed by atoms with van der Waals surface area (Å²) >= 11 is 0. The molecule has 0 aliphatic heterocycles. The molecule has 1 rings (SSSR count). The van der Waals surface area contributed by atoms with Crippen molar-refractivity contribution in [1.82, 2.24) is 10.2 Å². The van der Waals surface area contributed by atoms with Crippen LogP contribution < -0.4 is 5.32 Å². The Morgan fingerprint density at radius 1 is 1.33 bits per heavy atom. The summed E-state index contributed by atoms with van der Waals surface area (Å²) in [5.41, 5.74) is -0.356. The summed E-state index contributed by atoms with van der Waals surface area (Å²) in [6.45, 7) is 13.1. The van der Waals surface area contributed by atoms with Crippen LogP contribution in [-0.4, -0.2) is 35.6 Å². The topological polar surface area (TPSA) is 39.1 Å². The minimum Gasteiger partial charge on any atom is -0.301 e. The van der Waals surface area contributed by atoms with Gasteiger partial charge < -0.3 is 4.90 Å². The summed E-state index contributed by atoms with van der Waals surface area (Å²) in [4.78, 5) is 2.48. The lowest BCUT2D eigenvalue weighted by atomic mass is 9.98. The van der Waals surface area contributed by atoms with Crippen molar-refractivity contribution in [2.75, 3.05) is 13.1 Å². The molecule has 1 fully saturated rings. The first-order valence-electron chi connectivity index (χ1n) is 7.29. The summed E-state index contributed by atoms with van der Waals surface area (Å²) in [7, 11) is 0. The van der Waals surface area contributed by atoms with Gasteiger partial charge in [0, 0.05) is 25.2 Å². The molecule has 1 saturated carbocycles. The molecule has 0 aromatic carbocycles. The maximum Gasteiger partial charge on any atom is 0.105 e. The minimum atomic E-state index is -0.356. The van der Waals surface area contributed by atoms with Gasteiger partial charge in [-0.05, 0) is 46.0 Å². The molecular weight excluding hydrogens is 222 g/mol. The van der Waals surface area contributed by atoms with Crippen LogP contribution in [0.1, 0.15) is 53.9 Å². The van der Waals surface area contributed by atoms with Crippen molar-refractivity contribution in [2.45, 2.75) is 71.5 Å². The van der Waals surface area contributed by atoms with E-state index in [2.05, 4.69) is 44.0 Å². The van der Waals surface area contributed by atoms with E-state index < -0.39 is 0 Å². The van der Waals surface area contributed by atoms with Gasteiger partial charge in [0.05, 0.1) is 6.07 Å². The fourth-order valence-electron chi connectivity index (χ4n) is 2.24. The Kier molecular flexibility index (Phi) is 5.62. The maximum absolute atomic E-state index is 9.36. The van der Waals surface area contributed by atoms with Crippen LogP contribution in [0, 0.1) is 17.2 Å². The van der Waals surface area contributed by atoms with E-state index in [1.807, 2.05) is 6.92 Å². The number of nitrogens with zero attached hydrogens (tertiary/aromatic N) is 2. The van der Waals surface area contributed by atoms with Gasteiger partial charge in [-0.2, -0.15) is 5.26 Å². The van der Waals surface area contributed by atoms with Crippen LogP contribution in [0.15, 0.2) is 0 Å². The van der Waals surface area contributed by atoms with E-state index in [0.717, 1.165) is 19.5 Å². The third-order valence-corrected chi connectivity index (χ3v) is 3.58. The van der Waals surface area contributed by atoms with Crippen molar-refractivity contribution in [3.63, 3.8) is 0 Å². The first kappa shape index (κ1) is 15.5. The highest BCUT2D eigenvalue weighted by Crippen LogP contribution is 2.24. The zero-order valence-electron chi connectivity index (χ0n) is 12.7. The van der Waals surface area contributed by atoms with Gasteiger partial charge in [0.15, 0.2) is 0 Å². The molecule has 1 aliphatic carbocycles. The Bertz CT molecular complexity index is 289. The largest absolute Gasteiger partial charge is 0.301 e. The SMILES string of the molecule is CC(C)CN(CCC(C)(C#N)NC1CC1)C(C)C. The Morgan fingerprint density at radius 2 is 1.94 bits per heavy atom. The van der Waals surface area contributed by atoms with E-state index in [1.165, 1.54) is 12.8 Å². The third-order valence-electron chi connectivity index (χ3n) is 3.58. The summed E-state index contributed by atoms with van der Waals surface area (Å²) < 4.78 is 0. The van der Waals surface area contributed by atoms with Crippen molar-refractivity contribution >= 4 is 0 Å². The van der Waals surface area contributed by atoms with Gasteiger partial charge in [-0.25, -0.2) is 0 Å². The molecule has 3 nitrogen and oxygen atoms in total. The van der Waals surface area contributed by atoms with Crippen molar-refractivity contribution in [1.29, 1.82) is 5.26 Å². The van der Waals surface area contributed by atoms with Crippen LogP contribution in [0.3, 0.4) is 0 Å². The Hall–Kier alpha value is -0.590. The highest BCUT2D eigenvalue weighted by Gasteiger charge is 2.32. The second-order valence-electron chi connectivity index (χ2n) is 6.60. The molecule has 104 valence electrons. The Labute approximate surface area is 113 Å². The molecule has 0 amide bonds. The average Bonchev–Trinajstić information content (AvgIpc) is 3.07. The molecule has 0 saturated heterocycles. The summed E-state index contributed by atoms with van der Waals surface area (Å²) in [5, 5.41) is 12.8. The van der Waals surface area contributed by atoms with Crippen molar-refractivity contribution in [3.05, 3.63) is 0 Å². The maximum atomic E-state index is 9.36. The fraction of sp³-hybridized carbons (Fsp3) is 0.933. The fourth-order valence-corrected chi connectivity index (χ4v) is 2.24. The van der Waals surface area contributed by atoms with Crippen molar-refractivity contribution in [3.8, 4) is 6.07 Å². The summed E-state index contributed by atoms with van der Waals surface area (Å²) in [5.74, 6) is 0.678.